The van der Waals surface area contributed by atoms with E-state index in [1.54, 1.807) is 0 Å². The lowest BCUT2D eigenvalue weighted by atomic mass is 9.81. The molecule has 2 aromatic rings. The molecule has 0 unspecified atom stereocenters. The van der Waals surface area contributed by atoms with E-state index in [9.17, 15) is 0 Å². The van der Waals surface area contributed by atoms with Crippen molar-refractivity contribution < 1.29 is 34.0 Å². The van der Waals surface area contributed by atoms with E-state index in [2.05, 4.69) is 124 Å². The molecule has 30 heavy (non-hydrogen) atoms. The van der Waals surface area contributed by atoms with Crippen molar-refractivity contribution in [2.24, 2.45) is 0 Å². The van der Waals surface area contributed by atoms with E-state index >= 15 is 0 Å². The maximum Gasteiger partial charge on any atom is 0.209 e. The molecule has 158 valence electrons. The summed E-state index contributed by atoms with van der Waals surface area (Å²) >= 11 is 0. The summed E-state index contributed by atoms with van der Waals surface area (Å²) in [6.45, 7) is 9.21. The van der Waals surface area contributed by atoms with Gasteiger partial charge in [0.05, 0.1) is 10.8 Å². The van der Waals surface area contributed by atoms with Crippen LogP contribution in [0.1, 0.15) is 38.8 Å². The third-order valence-corrected chi connectivity index (χ3v) is 6.50. The second kappa shape index (κ2) is 8.53. The molecule has 2 aliphatic rings. The lowest BCUT2D eigenvalue weighted by Crippen LogP contribution is -3.00. The van der Waals surface area contributed by atoms with Crippen molar-refractivity contribution >= 4 is 22.8 Å². The number of para-hydroxylation sites is 2. The van der Waals surface area contributed by atoms with Crippen LogP contribution in [0.15, 0.2) is 72.8 Å². The zero-order chi connectivity index (χ0) is 20.1. The Bertz CT molecular complexity index is 998. The van der Waals surface area contributed by atoms with E-state index in [-0.39, 0.29) is 35.6 Å². The van der Waals surface area contributed by atoms with Gasteiger partial charge in [-0.15, -0.1) is 0 Å². The van der Waals surface area contributed by atoms with E-state index in [0.717, 1.165) is 0 Å². The van der Waals surface area contributed by atoms with Crippen LogP contribution in [0.2, 0.25) is 0 Å². The first kappa shape index (κ1) is 24.1. The fraction of sp³-hybridized carbons (Fsp3) is 0.308. The summed E-state index contributed by atoms with van der Waals surface area (Å²) in [4.78, 5) is 0. The number of rotatable bonds is 3. The summed E-state index contributed by atoms with van der Waals surface area (Å²) in [5, 5.41) is 0. The number of benzene rings is 2. The Hall–Kier alpha value is -2.16. The molecule has 0 N–H and O–H groups in total. The number of hydrogen-bond acceptors (Lipinski definition) is 0. The van der Waals surface area contributed by atoms with Gasteiger partial charge in [-0.05, 0) is 27.7 Å². The first-order chi connectivity index (χ1) is 13.3. The summed E-state index contributed by atoms with van der Waals surface area (Å²) in [7, 11) is 4.33. The normalized spacial score (nSPS) is 18.5. The molecule has 0 saturated heterocycles. The predicted molar refractivity (Wildman–Crippen MR) is 119 cm³/mol. The SMILES string of the molecule is C[N+]1=C(C=CC=CC2=[N+](C)c3ccccc3C2(C)C)C(C)(C)c2ccccc21.[Cl-].[Cl-]. The van der Waals surface area contributed by atoms with Crippen LogP contribution in [0.4, 0.5) is 11.4 Å². The minimum atomic E-state index is 0. The monoisotopic (exact) mass is 440 g/mol. The smallest absolute Gasteiger partial charge is 0.209 e. The fourth-order valence-corrected chi connectivity index (χ4v) is 4.90. The Labute approximate surface area is 193 Å². The molecule has 4 rings (SSSR count). The molecule has 0 spiro atoms. The average Bonchev–Trinajstić information content (AvgIpc) is 2.99. The van der Waals surface area contributed by atoms with Gasteiger partial charge in [-0.1, -0.05) is 48.6 Å². The summed E-state index contributed by atoms with van der Waals surface area (Å²) < 4.78 is 4.63. The van der Waals surface area contributed by atoms with Crippen molar-refractivity contribution in [2.75, 3.05) is 14.1 Å². The zero-order valence-corrected chi connectivity index (χ0v) is 20.1. The minimum Gasteiger partial charge on any atom is -1.00 e. The summed E-state index contributed by atoms with van der Waals surface area (Å²) in [6.07, 6.45) is 8.87. The lowest BCUT2D eigenvalue weighted by molar-refractivity contribution is -0.401. The van der Waals surface area contributed by atoms with Crippen LogP contribution < -0.4 is 24.8 Å². The van der Waals surface area contributed by atoms with E-state index in [0.29, 0.717) is 0 Å². The maximum atomic E-state index is 2.31. The molecule has 2 aromatic carbocycles. The number of allylic oxidation sites excluding steroid dienone is 4. The number of nitrogens with zero attached hydrogens (tertiary/aromatic N) is 2. The van der Waals surface area contributed by atoms with Crippen LogP contribution in [0.3, 0.4) is 0 Å². The molecular weight excluding hydrogens is 411 g/mol. The molecule has 0 aliphatic carbocycles. The molecule has 0 amide bonds. The van der Waals surface area contributed by atoms with E-state index in [1.165, 1.54) is 33.9 Å². The highest BCUT2D eigenvalue weighted by atomic mass is 35.5. The van der Waals surface area contributed by atoms with Gasteiger partial charge in [-0.25, -0.2) is 0 Å². The van der Waals surface area contributed by atoms with Crippen molar-refractivity contribution in [2.45, 2.75) is 38.5 Å². The second-order valence-electron chi connectivity index (χ2n) is 8.89. The highest BCUT2D eigenvalue weighted by Crippen LogP contribution is 2.40. The molecule has 4 heteroatoms. The number of halogens is 2. The molecule has 2 heterocycles. The second-order valence-corrected chi connectivity index (χ2v) is 8.89. The summed E-state index contributed by atoms with van der Waals surface area (Å²) in [6, 6.07) is 17.4. The maximum absolute atomic E-state index is 2.31. The quantitative estimate of drug-likeness (QED) is 0.449. The molecule has 2 aliphatic heterocycles. The highest BCUT2D eigenvalue weighted by Gasteiger charge is 2.43. The zero-order valence-electron chi connectivity index (χ0n) is 18.6. The van der Waals surface area contributed by atoms with Gasteiger partial charge in [0.25, 0.3) is 0 Å². The van der Waals surface area contributed by atoms with Crippen LogP contribution in [-0.2, 0) is 10.8 Å². The molecular formula is C26H30Cl2N2. The van der Waals surface area contributed by atoms with Gasteiger partial charge in [-0.2, -0.15) is 9.15 Å². The van der Waals surface area contributed by atoms with E-state index < -0.39 is 0 Å². The third-order valence-electron chi connectivity index (χ3n) is 6.50. The van der Waals surface area contributed by atoms with E-state index in [4.69, 9.17) is 0 Å². The molecule has 0 bridgehead atoms. The van der Waals surface area contributed by atoms with Crippen LogP contribution in [0.25, 0.3) is 0 Å². The average molecular weight is 441 g/mol. The van der Waals surface area contributed by atoms with Crippen LogP contribution in [-0.4, -0.2) is 34.7 Å². The van der Waals surface area contributed by atoms with Gasteiger partial charge >= 0.3 is 0 Å². The standard InChI is InChI=1S/C26H30N2.2ClH/c1-25(2)19-13-7-9-15-21(19)27(5)23(25)17-11-12-18-24-26(3,4)20-14-8-10-16-22(20)28(24)6;;/h7-18H,1-6H3;2*1H/q+2;;/p-2. The van der Waals surface area contributed by atoms with Crippen molar-refractivity contribution in [1.29, 1.82) is 0 Å². The predicted octanol–water partition coefficient (Wildman–Crippen LogP) is -0.481. The van der Waals surface area contributed by atoms with Gasteiger partial charge in [0, 0.05) is 35.4 Å². The topological polar surface area (TPSA) is 6.02 Å². The third kappa shape index (κ3) is 3.57. The molecule has 0 saturated carbocycles. The Morgan fingerprint density at radius 1 is 0.600 bits per heavy atom. The van der Waals surface area contributed by atoms with E-state index in [1.807, 2.05) is 0 Å². The number of hydrogen-bond donors (Lipinski definition) is 0. The highest BCUT2D eigenvalue weighted by molar-refractivity contribution is 6.04. The molecule has 0 aromatic heterocycles. The molecule has 0 atom stereocenters. The van der Waals surface area contributed by atoms with Gasteiger partial charge in [0.2, 0.25) is 11.4 Å². The Kier molecular flexibility index (Phi) is 6.85. The molecule has 2 nitrogen and oxygen atoms in total. The van der Waals surface area contributed by atoms with Gasteiger partial charge < -0.3 is 24.8 Å². The van der Waals surface area contributed by atoms with Crippen LogP contribution in [0.5, 0.6) is 0 Å². The van der Waals surface area contributed by atoms with Crippen molar-refractivity contribution in [3.63, 3.8) is 0 Å². The van der Waals surface area contributed by atoms with Crippen molar-refractivity contribution in [3.05, 3.63) is 84.0 Å². The van der Waals surface area contributed by atoms with Gasteiger partial charge in [0.1, 0.15) is 14.1 Å². The van der Waals surface area contributed by atoms with Gasteiger partial charge in [0.15, 0.2) is 11.4 Å². The minimum absolute atomic E-state index is 0. The summed E-state index contributed by atoms with van der Waals surface area (Å²) in [5.41, 5.74) is 8.07. The Balaban J connectivity index is 0.00000160. The first-order valence-electron chi connectivity index (χ1n) is 10.0. The lowest BCUT2D eigenvalue weighted by Gasteiger charge is -2.15. The largest absolute Gasteiger partial charge is 1.00 e. The first-order valence-corrected chi connectivity index (χ1v) is 10.0. The summed E-state index contributed by atoms with van der Waals surface area (Å²) in [5.74, 6) is 0. The fourth-order valence-electron chi connectivity index (χ4n) is 4.90. The number of fused-ring (bicyclic) bond motifs is 2. The van der Waals surface area contributed by atoms with Crippen LogP contribution in [0, 0.1) is 0 Å². The van der Waals surface area contributed by atoms with Crippen molar-refractivity contribution in [3.8, 4) is 0 Å². The molecule has 0 radical (unpaired) electrons. The molecule has 0 fully saturated rings. The van der Waals surface area contributed by atoms with Gasteiger partial charge in [-0.3, -0.25) is 0 Å². The Morgan fingerprint density at radius 3 is 1.27 bits per heavy atom. The van der Waals surface area contributed by atoms with Crippen molar-refractivity contribution in [1.82, 2.24) is 0 Å². The van der Waals surface area contributed by atoms with Crippen LogP contribution >= 0.6 is 0 Å². The Morgan fingerprint density at radius 2 is 0.933 bits per heavy atom.